The maximum atomic E-state index is 13.0. The molecule has 1 aromatic carbocycles. The van der Waals surface area contributed by atoms with Gasteiger partial charge in [0.25, 0.3) is 0 Å². The van der Waals surface area contributed by atoms with Gasteiger partial charge >= 0.3 is 0 Å². The molecule has 0 radical (unpaired) electrons. The van der Waals surface area contributed by atoms with Gasteiger partial charge in [0.1, 0.15) is 11.6 Å². The van der Waals surface area contributed by atoms with Gasteiger partial charge in [-0.05, 0) is 37.4 Å². The third-order valence-corrected chi connectivity index (χ3v) is 2.39. The standard InChI is InChI=1S/C10H12ClF2N/c11-10-7(3-1-2-4-14)5-8(12)6-9(10)13/h5-6H,1-4,14H2. The monoisotopic (exact) mass is 219 g/mol. The van der Waals surface area contributed by atoms with Crippen molar-refractivity contribution in [3.63, 3.8) is 0 Å². The molecular formula is C10H12ClF2N. The molecule has 1 rings (SSSR count). The number of hydrogen-bond donors (Lipinski definition) is 1. The maximum Gasteiger partial charge on any atom is 0.144 e. The maximum absolute atomic E-state index is 13.0. The van der Waals surface area contributed by atoms with Crippen molar-refractivity contribution in [1.82, 2.24) is 0 Å². The number of hydrogen-bond acceptors (Lipinski definition) is 1. The highest BCUT2D eigenvalue weighted by Crippen LogP contribution is 2.22. The molecule has 0 aliphatic rings. The third kappa shape index (κ3) is 2.93. The largest absolute Gasteiger partial charge is 0.330 e. The van der Waals surface area contributed by atoms with Gasteiger partial charge < -0.3 is 5.73 Å². The molecule has 0 saturated carbocycles. The summed E-state index contributed by atoms with van der Waals surface area (Å²) in [7, 11) is 0. The number of benzene rings is 1. The Hall–Kier alpha value is -0.670. The van der Waals surface area contributed by atoms with Crippen molar-refractivity contribution in [2.24, 2.45) is 5.73 Å². The van der Waals surface area contributed by atoms with E-state index in [0.29, 0.717) is 18.5 Å². The van der Waals surface area contributed by atoms with Crippen LogP contribution in [-0.4, -0.2) is 6.54 Å². The minimum atomic E-state index is -0.700. The minimum absolute atomic E-state index is 0.0171. The minimum Gasteiger partial charge on any atom is -0.330 e. The smallest absolute Gasteiger partial charge is 0.144 e. The van der Waals surface area contributed by atoms with Gasteiger partial charge in [-0.1, -0.05) is 11.6 Å². The summed E-state index contributed by atoms with van der Waals surface area (Å²) in [5.74, 6) is -1.29. The van der Waals surface area contributed by atoms with Crippen molar-refractivity contribution >= 4 is 11.6 Å². The van der Waals surface area contributed by atoms with Crippen LogP contribution in [0.4, 0.5) is 8.78 Å². The van der Waals surface area contributed by atoms with Crippen molar-refractivity contribution in [3.05, 3.63) is 34.4 Å². The first-order chi connectivity index (χ1) is 6.65. The van der Waals surface area contributed by atoms with Crippen LogP contribution in [0, 0.1) is 11.6 Å². The molecule has 78 valence electrons. The van der Waals surface area contributed by atoms with Gasteiger partial charge in [0, 0.05) is 6.07 Å². The van der Waals surface area contributed by atoms with Crippen molar-refractivity contribution in [1.29, 1.82) is 0 Å². The van der Waals surface area contributed by atoms with E-state index in [2.05, 4.69) is 0 Å². The predicted octanol–water partition coefficient (Wildman–Crippen LogP) is 2.90. The summed E-state index contributed by atoms with van der Waals surface area (Å²) in [5.41, 5.74) is 5.82. The Labute approximate surface area is 86.9 Å². The molecule has 0 saturated heterocycles. The van der Waals surface area contributed by atoms with Gasteiger partial charge in [0.2, 0.25) is 0 Å². The first kappa shape index (κ1) is 11.4. The summed E-state index contributed by atoms with van der Waals surface area (Å²) in [5, 5.41) is 0.0171. The van der Waals surface area contributed by atoms with Gasteiger partial charge in [-0.3, -0.25) is 0 Å². The Bertz CT molecular complexity index is 315. The first-order valence-electron chi connectivity index (χ1n) is 4.48. The summed E-state index contributed by atoms with van der Waals surface area (Å²) >= 11 is 5.67. The van der Waals surface area contributed by atoms with Crippen LogP contribution in [0.15, 0.2) is 12.1 Å². The highest BCUT2D eigenvalue weighted by molar-refractivity contribution is 6.31. The van der Waals surface area contributed by atoms with Gasteiger partial charge in [-0.15, -0.1) is 0 Å². The molecule has 2 N–H and O–H groups in total. The van der Waals surface area contributed by atoms with Crippen LogP contribution < -0.4 is 5.73 Å². The molecule has 1 aromatic rings. The van der Waals surface area contributed by atoms with E-state index in [1.165, 1.54) is 6.07 Å². The zero-order chi connectivity index (χ0) is 10.6. The van der Waals surface area contributed by atoms with E-state index in [9.17, 15) is 8.78 Å². The Morgan fingerprint density at radius 2 is 1.93 bits per heavy atom. The Morgan fingerprint density at radius 3 is 2.57 bits per heavy atom. The molecule has 0 unspecified atom stereocenters. The number of halogens is 3. The summed E-state index contributed by atoms with van der Waals surface area (Å²) in [6.07, 6.45) is 2.18. The van der Waals surface area contributed by atoms with Crippen LogP contribution in [0.25, 0.3) is 0 Å². The van der Waals surface area contributed by atoms with Crippen LogP contribution in [0.5, 0.6) is 0 Å². The molecule has 0 amide bonds. The zero-order valence-corrected chi connectivity index (χ0v) is 8.45. The molecular weight excluding hydrogens is 208 g/mol. The van der Waals surface area contributed by atoms with E-state index < -0.39 is 11.6 Å². The lowest BCUT2D eigenvalue weighted by molar-refractivity contribution is 0.578. The van der Waals surface area contributed by atoms with E-state index in [0.717, 1.165) is 18.9 Å². The van der Waals surface area contributed by atoms with Crippen LogP contribution in [0.1, 0.15) is 18.4 Å². The van der Waals surface area contributed by atoms with E-state index in [1.54, 1.807) is 0 Å². The predicted molar refractivity (Wildman–Crippen MR) is 53.4 cm³/mol. The molecule has 0 heterocycles. The van der Waals surface area contributed by atoms with Gasteiger partial charge in [0.15, 0.2) is 0 Å². The second-order valence-corrected chi connectivity index (χ2v) is 3.48. The van der Waals surface area contributed by atoms with Crippen molar-refractivity contribution in [2.45, 2.75) is 19.3 Å². The van der Waals surface area contributed by atoms with E-state index >= 15 is 0 Å². The Kier molecular flexibility index (Phi) is 4.29. The fourth-order valence-electron chi connectivity index (χ4n) is 1.25. The molecule has 0 spiro atoms. The van der Waals surface area contributed by atoms with E-state index in [-0.39, 0.29) is 5.02 Å². The fraction of sp³-hybridized carbons (Fsp3) is 0.400. The fourth-order valence-corrected chi connectivity index (χ4v) is 1.45. The normalized spacial score (nSPS) is 10.6. The molecule has 0 aliphatic heterocycles. The molecule has 0 aliphatic carbocycles. The highest BCUT2D eigenvalue weighted by Gasteiger charge is 2.08. The SMILES string of the molecule is NCCCCc1cc(F)cc(F)c1Cl. The third-order valence-electron chi connectivity index (χ3n) is 1.97. The first-order valence-corrected chi connectivity index (χ1v) is 4.86. The van der Waals surface area contributed by atoms with Crippen molar-refractivity contribution in [2.75, 3.05) is 6.54 Å². The molecule has 0 aromatic heterocycles. The van der Waals surface area contributed by atoms with E-state index in [1.807, 2.05) is 0 Å². The van der Waals surface area contributed by atoms with E-state index in [4.69, 9.17) is 17.3 Å². The molecule has 0 bridgehead atoms. The molecule has 0 fully saturated rings. The average Bonchev–Trinajstić information content (AvgIpc) is 2.13. The van der Waals surface area contributed by atoms with Crippen LogP contribution >= 0.6 is 11.6 Å². The Balaban J connectivity index is 2.75. The molecule has 14 heavy (non-hydrogen) atoms. The van der Waals surface area contributed by atoms with Crippen molar-refractivity contribution in [3.8, 4) is 0 Å². The summed E-state index contributed by atoms with van der Waals surface area (Å²) < 4.78 is 25.7. The highest BCUT2D eigenvalue weighted by atomic mass is 35.5. The Morgan fingerprint density at radius 1 is 1.21 bits per heavy atom. The van der Waals surface area contributed by atoms with Gasteiger partial charge in [-0.2, -0.15) is 0 Å². The summed E-state index contributed by atoms with van der Waals surface area (Å²) in [6.45, 7) is 0.579. The topological polar surface area (TPSA) is 26.0 Å². The summed E-state index contributed by atoms with van der Waals surface area (Å²) in [4.78, 5) is 0. The zero-order valence-electron chi connectivity index (χ0n) is 7.69. The van der Waals surface area contributed by atoms with Crippen molar-refractivity contribution < 1.29 is 8.78 Å². The second-order valence-electron chi connectivity index (χ2n) is 3.11. The number of unbranched alkanes of at least 4 members (excludes halogenated alkanes) is 1. The molecule has 1 nitrogen and oxygen atoms in total. The van der Waals surface area contributed by atoms with Crippen LogP contribution in [-0.2, 0) is 6.42 Å². The number of aryl methyl sites for hydroxylation is 1. The lowest BCUT2D eigenvalue weighted by Gasteiger charge is -2.04. The molecule has 0 atom stereocenters. The summed E-state index contributed by atoms with van der Waals surface area (Å²) in [6, 6.07) is 2.05. The second kappa shape index (κ2) is 5.27. The van der Waals surface area contributed by atoms with Gasteiger partial charge in [-0.25, -0.2) is 8.78 Å². The lowest BCUT2D eigenvalue weighted by atomic mass is 10.1. The van der Waals surface area contributed by atoms with Crippen LogP contribution in [0.3, 0.4) is 0 Å². The average molecular weight is 220 g/mol. The lowest BCUT2D eigenvalue weighted by Crippen LogP contribution is -2.00. The van der Waals surface area contributed by atoms with Crippen LogP contribution in [0.2, 0.25) is 5.02 Å². The quantitative estimate of drug-likeness (QED) is 0.612. The van der Waals surface area contributed by atoms with Gasteiger partial charge in [0.05, 0.1) is 5.02 Å². The number of nitrogens with two attached hydrogens (primary N) is 1. The number of rotatable bonds is 4. The molecule has 4 heteroatoms.